The molecule has 3 N–H and O–H groups in total. The zero-order valence-electron chi connectivity index (χ0n) is 12.1. The van der Waals surface area contributed by atoms with Gasteiger partial charge in [-0.3, -0.25) is 0 Å². The molecule has 2 saturated heterocycles. The predicted molar refractivity (Wildman–Crippen MR) is 70.1 cm³/mol. The van der Waals surface area contributed by atoms with E-state index in [1.54, 1.807) is 6.92 Å². The molecule has 2 aliphatic heterocycles. The maximum atomic E-state index is 11.8. The van der Waals surface area contributed by atoms with Gasteiger partial charge in [-0.15, -0.1) is 0 Å². The standard InChI is InChI=1S/C15H20O6/c1-6-7-4-5-13(2,18)15-9(8(7)20-12(6)17)14(3,19)10(16)11(15)21-15/h7-11,16,18-19H,1,4-5H2,2-3H3. The van der Waals surface area contributed by atoms with Crippen molar-refractivity contribution in [1.82, 2.24) is 0 Å². The second-order valence-corrected chi connectivity index (χ2v) is 7.29. The first-order valence-electron chi connectivity index (χ1n) is 7.35. The Balaban J connectivity index is 1.87. The van der Waals surface area contributed by atoms with E-state index >= 15 is 0 Å². The van der Waals surface area contributed by atoms with Crippen molar-refractivity contribution in [2.45, 2.75) is 61.8 Å². The number of fused-ring (bicyclic) bond motifs is 2. The molecule has 0 radical (unpaired) electrons. The largest absolute Gasteiger partial charge is 0.458 e. The Kier molecular flexibility index (Phi) is 2.29. The average molecular weight is 296 g/mol. The van der Waals surface area contributed by atoms with E-state index in [9.17, 15) is 20.1 Å². The third-order valence-corrected chi connectivity index (χ3v) is 6.13. The van der Waals surface area contributed by atoms with Crippen LogP contribution in [0.15, 0.2) is 12.2 Å². The molecule has 0 aromatic carbocycles. The van der Waals surface area contributed by atoms with Gasteiger partial charge < -0.3 is 24.8 Å². The number of hydrogen-bond acceptors (Lipinski definition) is 6. The van der Waals surface area contributed by atoms with Gasteiger partial charge in [-0.1, -0.05) is 6.58 Å². The lowest BCUT2D eigenvalue weighted by atomic mass is 9.73. The van der Waals surface area contributed by atoms with Crippen LogP contribution in [0.3, 0.4) is 0 Å². The monoisotopic (exact) mass is 296 g/mol. The van der Waals surface area contributed by atoms with E-state index in [4.69, 9.17) is 9.47 Å². The lowest BCUT2D eigenvalue weighted by Gasteiger charge is -2.40. The van der Waals surface area contributed by atoms with E-state index in [0.717, 1.165) is 0 Å². The van der Waals surface area contributed by atoms with Crippen molar-refractivity contribution >= 4 is 5.97 Å². The minimum Gasteiger partial charge on any atom is -0.458 e. The summed E-state index contributed by atoms with van der Waals surface area (Å²) < 4.78 is 11.1. The summed E-state index contributed by atoms with van der Waals surface area (Å²) in [5, 5.41) is 32.0. The van der Waals surface area contributed by atoms with Crippen molar-refractivity contribution in [1.29, 1.82) is 0 Å². The van der Waals surface area contributed by atoms with Gasteiger partial charge in [0.05, 0.1) is 17.1 Å². The minimum absolute atomic E-state index is 0.255. The molecule has 6 heteroatoms. The molecular weight excluding hydrogens is 276 g/mol. The summed E-state index contributed by atoms with van der Waals surface area (Å²) >= 11 is 0. The number of ether oxygens (including phenoxy) is 2. The van der Waals surface area contributed by atoms with E-state index in [2.05, 4.69) is 6.58 Å². The number of carbonyl (C=O) groups is 1. The van der Waals surface area contributed by atoms with Crippen molar-refractivity contribution in [2.24, 2.45) is 11.8 Å². The summed E-state index contributed by atoms with van der Waals surface area (Å²) in [7, 11) is 0. The Labute approximate surface area is 122 Å². The maximum absolute atomic E-state index is 11.8. The highest BCUT2D eigenvalue weighted by atomic mass is 16.7. The topological polar surface area (TPSA) is 99.5 Å². The van der Waals surface area contributed by atoms with Crippen LogP contribution < -0.4 is 0 Å². The van der Waals surface area contributed by atoms with Gasteiger partial charge in [0.25, 0.3) is 0 Å². The number of epoxide rings is 1. The number of aliphatic hydroxyl groups is 3. The highest BCUT2D eigenvalue weighted by Crippen LogP contribution is 2.68. The summed E-state index contributed by atoms with van der Waals surface area (Å²) in [4.78, 5) is 11.8. The first-order valence-corrected chi connectivity index (χ1v) is 7.35. The number of rotatable bonds is 0. The van der Waals surface area contributed by atoms with Crippen molar-refractivity contribution in [3.63, 3.8) is 0 Å². The summed E-state index contributed by atoms with van der Waals surface area (Å²) in [5.41, 5.74) is -3.35. The van der Waals surface area contributed by atoms with Crippen LogP contribution >= 0.6 is 0 Å². The van der Waals surface area contributed by atoms with Gasteiger partial charge in [-0.2, -0.15) is 0 Å². The molecule has 4 rings (SSSR count). The second-order valence-electron chi connectivity index (χ2n) is 7.29. The van der Waals surface area contributed by atoms with E-state index in [1.165, 1.54) is 6.92 Å². The highest BCUT2D eigenvalue weighted by molar-refractivity contribution is 5.91. The molecule has 4 aliphatic rings. The zero-order chi connectivity index (χ0) is 15.4. The van der Waals surface area contributed by atoms with Crippen LogP contribution in [0.5, 0.6) is 0 Å². The lowest BCUT2D eigenvalue weighted by molar-refractivity contribution is -0.178. The maximum Gasteiger partial charge on any atom is 0.334 e. The fourth-order valence-corrected chi connectivity index (χ4v) is 4.90. The molecule has 2 heterocycles. The fourth-order valence-electron chi connectivity index (χ4n) is 4.90. The molecule has 4 fully saturated rings. The van der Waals surface area contributed by atoms with Gasteiger partial charge in [0, 0.05) is 11.5 Å². The quantitative estimate of drug-likeness (QED) is 0.317. The first-order chi connectivity index (χ1) is 9.64. The summed E-state index contributed by atoms with van der Waals surface area (Å²) in [6.45, 7) is 6.97. The molecule has 8 atom stereocenters. The van der Waals surface area contributed by atoms with Crippen LogP contribution in [0, 0.1) is 11.8 Å². The Morgan fingerprint density at radius 1 is 1.33 bits per heavy atom. The molecule has 6 nitrogen and oxygen atoms in total. The fraction of sp³-hybridized carbons (Fsp3) is 0.800. The van der Waals surface area contributed by atoms with Crippen molar-refractivity contribution < 1.29 is 29.6 Å². The Morgan fingerprint density at radius 3 is 2.67 bits per heavy atom. The van der Waals surface area contributed by atoms with Crippen molar-refractivity contribution in [2.75, 3.05) is 0 Å². The molecule has 0 bridgehead atoms. The van der Waals surface area contributed by atoms with Crippen molar-refractivity contribution in [3.05, 3.63) is 12.2 Å². The zero-order valence-corrected chi connectivity index (χ0v) is 12.1. The number of aliphatic hydroxyl groups excluding tert-OH is 1. The second kappa shape index (κ2) is 3.51. The molecule has 1 spiro atoms. The molecule has 8 unspecified atom stereocenters. The van der Waals surface area contributed by atoms with Crippen LogP contribution in [0.1, 0.15) is 26.7 Å². The Bertz CT molecular complexity index is 552. The lowest BCUT2D eigenvalue weighted by Crippen LogP contribution is -2.56. The molecule has 2 aliphatic carbocycles. The third kappa shape index (κ3) is 1.31. The minimum atomic E-state index is -1.48. The van der Waals surface area contributed by atoms with Gasteiger partial charge >= 0.3 is 5.97 Å². The van der Waals surface area contributed by atoms with Gasteiger partial charge in [0.15, 0.2) is 0 Å². The molecule has 21 heavy (non-hydrogen) atoms. The van der Waals surface area contributed by atoms with E-state index < -0.39 is 47.0 Å². The predicted octanol–water partition coefficient (Wildman–Crippen LogP) is -0.492. The molecular formula is C15H20O6. The molecule has 0 aromatic rings. The SMILES string of the molecule is C=C1C(=O)OC2C1CCC(C)(O)C13OC1C(O)C(C)(O)C23. The smallest absolute Gasteiger partial charge is 0.334 e. The number of esters is 1. The normalized spacial score (nSPS) is 61.7. The van der Waals surface area contributed by atoms with Crippen LogP contribution in [0.25, 0.3) is 0 Å². The van der Waals surface area contributed by atoms with Crippen LogP contribution in [-0.4, -0.2) is 56.4 Å². The molecule has 116 valence electrons. The summed E-state index contributed by atoms with van der Waals surface area (Å²) in [6, 6.07) is 0. The molecule has 0 aromatic heterocycles. The highest BCUT2D eigenvalue weighted by Gasteiger charge is 2.85. The molecule has 0 amide bonds. The van der Waals surface area contributed by atoms with E-state index in [1.807, 2.05) is 0 Å². The molecule has 2 saturated carbocycles. The number of carbonyl (C=O) groups excluding carboxylic acids is 1. The van der Waals surface area contributed by atoms with Crippen LogP contribution in [-0.2, 0) is 14.3 Å². The van der Waals surface area contributed by atoms with Crippen LogP contribution in [0.2, 0.25) is 0 Å². The Hall–Kier alpha value is -0.950. The number of hydrogen-bond donors (Lipinski definition) is 3. The van der Waals surface area contributed by atoms with E-state index in [-0.39, 0.29) is 5.92 Å². The Morgan fingerprint density at radius 2 is 2.00 bits per heavy atom. The third-order valence-electron chi connectivity index (χ3n) is 6.13. The van der Waals surface area contributed by atoms with Crippen molar-refractivity contribution in [3.8, 4) is 0 Å². The van der Waals surface area contributed by atoms with Gasteiger partial charge in [0.2, 0.25) is 0 Å². The summed E-state index contributed by atoms with van der Waals surface area (Å²) in [6.07, 6.45) is -1.40. The van der Waals surface area contributed by atoms with Gasteiger partial charge in [-0.05, 0) is 26.7 Å². The first kappa shape index (κ1) is 13.7. The average Bonchev–Trinajstić information content (AvgIpc) is 3.03. The summed E-state index contributed by atoms with van der Waals surface area (Å²) in [5.74, 6) is -1.39. The van der Waals surface area contributed by atoms with Gasteiger partial charge in [0.1, 0.15) is 23.9 Å². The van der Waals surface area contributed by atoms with E-state index in [0.29, 0.717) is 18.4 Å². The van der Waals surface area contributed by atoms with Crippen LogP contribution in [0.4, 0.5) is 0 Å². The van der Waals surface area contributed by atoms with Gasteiger partial charge in [-0.25, -0.2) is 4.79 Å².